The zero-order chi connectivity index (χ0) is 17.0. The van der Waals surface area contributed by atoms with Gasteiger partial charge in [0.2, 0.25) is 0 Å². The van der Waals surface area contributed by atoms with Crippen LogP contribution in [0.5, 0.6) is 0 Å². The fourth-order valence-electron chi connectivity index (χ4n) is 2.17. The van der Waals surface area contributed by atoms with Crippen molar-refractivity contribution in [3.8, 4) is 0 Å². The number of allylic oxidation sites excluding steroid dienone is 1. The third kappa shape index (κ3) is 6.34. The molecule has 0 saturated heterocycles. The number of fused-ring (bicyclic) bond motifs is 1. The predicted molar refractivity (Wildman–Crippen MR) is 102 cm³/mol. The molecule has 0 aromatic heterocycles. The van der Waals surface area contributed by atoms with Crippen molar-refractivity contribution in [2.75, 3.05) is 7.05 Å². The zero-order valence-electron chi connectivity index (χ0n) is 15.2. The molecular weight excluding hydrogens is 266 g/mol. The lowest BCUT2D eigenvalue weighted by atomic mass is 9.94. The van der Waals surface area contributed by atoms with Crippen molar-refractivity contribution in [3.63, 3.8) is 0 Å². The highest BCUT2D eigenvalue weighted by atomic mass is 14.8. The Balaban J connectivity index is 0.000000789. The molecule has 22 heavy (non-hydrogen) atoms. The average molecular weight is 300 g/mol. The largest absolute Gasteiger partial charge is 0.392 e. The van der Waals surface area contributed by atoms with Crippen LogP contribution < -0.4 is 5.32 Å². The van der Waals surface area contributed by atoms with Crippen molar-refractivity contribution in [1.29, 1.82) is 0 Å². The number of benzene rings is 2. The topological polar surface area (TPSA) is 12.0 Å². The second-order valence-electron chi connectivity index (χ2n) is 5.23. The Morgan fingerprint density at radius 2 is 1.59 bits per heavy atom. The van der Waals surface area contributed by atoms with Gasteiger partial charge >= 0.3 is 0 Å². The lowest BCUT2D eigenvalue weighted by Crippen LogP contribution is -2.14. The molecule has 1 atom stereocenters. The third-order valence-corrected chi connectivity index (χ3v) is 3.32. The summed E-state index contributed by atoms with van der Waals surface area (Å²) in [6.07, 6.45) is 2.28. The summed E-state index contributed by atoms with van der Waals surface area (Å²) in [4.78, 5) is 0. The summed E-state index contributed by atoms with van der Waals surface area (Å²) in [5.74, 6) is 0.450. The summed E-state index contributed by atoms with van der Waals surface area (Å²) in [5, 5.41) is 5.80. The van der Waals surface area contributed by atoms with Gasteiger partial charge in [0.25, 0.3) is 0 Å². The van der Waals surface area contributed by atoms with E-state index in [0.29, 0.717) is 5.92 Å². The van der Waals surface area contributed by atoms with E-state index in [2.05, 4.69) is 75.1 Å². The molecule has 2 rings (SSSR count). The van der Waals surface area contributed by atoms with E-state index in [-0.39, 0.29) is 0 Å². The minimum atomic E-state index is 0.450. The first-order valence-corrected chi connectivity index (χ1v) is 8.47. The van der Waals surface area contributed by atoms with Crippen LogP contribution in [0.4, 0.5) is 0 Å². The smallest absolute Gasteiger partial charge is 0.00631 e. The Labute approximate surface area is 137 Å². The second-order valence-corrected chi connectivity index (χ2v) is 5.23. The van der Waals surface area contributed by atoms with Gasteiger partial charge in [0, 0.05) is 12.7 Å². The normalized spacial score (nSPS) is 10.6. The predicted octanol–water partition coefficient (Wildman–Crippen LogP) is 6.19. The van der Waals surface area contributed by atoms with E-state index in [0.717, 1.165) is 12.1 Å². The molecule has 1 heteroatoms. The molecule has 0 aliphatic carbocycles. The van der Waals surface area contributed by atoms with Crippen molar-refractivity contribution in [2.24, 2.45) is 5.92 Å². The summed E-state index contributed by atoms with van der Waals surface area (Å²) in [7, 11) is 1.93. The van der Waals surface area contributed by atoms with Crippen LogP contribution in [0.3, 0.4) is 0 Å². The summed E-state index contributed by atoms with van der Waals surface area (Å²) in [6.45, 7) is 14.5. The highest BCUT2D eigenvalue weighted by Gasteiger charge is 2.08. The average Bonchev–Trinajstić information content (AvgIpc) is 2.57. The van der Waals surface area contributed by atoms with Gasteiger partial charge in [-0.25, -0.2) is 0 Å². The van der Waals surface area contributed by atoms with Gasteiger partial charge in [-0.3, -0.25) is 0 Å². The van der Waals surface area contributed by atoms with Crippen LogP contribution in [0.2, 0.25) is 0 Å². The third-order valence-electron chi connectivity index (χ3n) is 3.32. The quantitative estimate of drug-likeness (QED) is 0.709. The van der Waals surface area contributed by atoms with Crippen LogP contribution >= 0.6 is 0 Å². The fourth-order valence-corrected chi connectivity index (χ4v) is 2.17. The van der Waals surface area contributed by atoms with Crippen molar-refractivity contribution in [1.82, 2.24) is 5.32 Å². The van der Waals surface area contributed by atoms with Gasteiger partial charge in [0.15, 0.2) is 0 Å². The number of nitrogens with one attached hydrogen (secondary N) is 1. The number of hydrogen-bond acceptors (Lipinski definition) is 1. The number of hydrogen-bond donors (Lipinski definition) is 1. The van der Waals surface area contributed by atoms with Crippen LogP contribution in [0, 0.1) is 5.92 Å². The first-order valence-electron chi connectivity index (χ1n) is 8.47. The Hall–Kier alpha value is -1.76. The summed E-state index contributed by atoms with van der Waals surface area (Å²) in [5.41, 5.74) is 2.49. The van der Waals surface area contributed by atoms with Crippen LogP contribution in [0.25, 0.3) is 10.8 Å². The lowest BCUT2D eigenvalue weighted by molar-refractivity contribution is 0.636. The maximum absolute atomic E-state index is 4.04. The summed E-state index contributed by atoms with van der Waals surface area (Å²) < 4.78 is 0. The van der Waals surface area contributed by atoms with E-state index in [9.17, 15) is 0 Å². The van der Waals surface area contributed by atoms with Gasteiger partial charge in [0.1, 0.15) is 0 Å². The first-order chi connectivity index (χ1) is 10.6. The van der Waals surface area contributed by atoms with E-state index in [1.807, 2.05) is 20.9 Å². The molecule has 0 aliphatic rings. The molecule has 2 aromatic rings. The molecule has 0 unspecified atom stereocenters. The van der Waals surface area contributed by atoms with Gasteiger partial charge in [-0.05, 0) is 28.7 Å². The standard InChI is InChI=1S/C16H19N.C3H8.C2H6/c1-12(13(2)17-3)11-15-9-6-8-14-7-4-5-10-16(14)15;1-3-2;1-2/h4-10,12,17H,2,11H2,1,3H3;3H2,1-2H3;1-2H3/t12-;;/m1../s1. The highest BCUT2D eigenvalue weighted by Crippen LogP contribution is 2.22. The van der Waals surface area contributed by atoms with E-state index < -0.39 is 0 Å². The molecule has 0 aliphatic heterocycles. The molecule has 0 bridgehead atoms. The van der Waals surface area contributed by atoms with Crippen LogP contribution in [-0.2, 0) is 6.42 Å². The Kier molecular flexibility index (Phi) is 10.9. The Morgan fingerprint density at radius 3 is 2.18 bits per heavy atom. The van der Waals surface area contributed by atoms with E-state index in [1.165, 1.54) is 22.8 Å². The second kappa shape index (κ2) is 11.9. The molecule has 2 aromatic carbocycles. The van der Waals surface area contributed by atoms with Crippen LogP contribution in [0.1, 0.15) is 46.6 Å². The van der Waals surface area contributed by atoms with E-state index in [1.54, 1.807) is 0 Å². The first kappa shape index (κ1) is 20.2. The lowest BCUT2D eigenvalue weighted by Gasteiger charge is -2.15. The van der Waals surface area contributed by atoms with Gasteiger partial charge in [-0.1, -0.05) is 90.1 Å². The van der Waals surface area contributed by atoms with Crippen molar-refractivity contribution < 1.29 is 0 Å². The molecule has 0 fully saturated rings. The Morgan fingerprint density at radius 1 is 1.05 bits per heavy atom. The van der Waals surface area contributed by atoms with Crippen molar-refractivity contribution in [2.45, 2.75) is 47.5 Å². The minimum absolute atomic E-state index is 0.450. The molecule has 0 saturated carbocycles. The zero-order valence-corrected chi connectivity index (χ0v) is 15.2. The summed E-state index contributed by atoms with van der Waals surface area (Å²) in [6, 6.07) is 15.0. The van der Waals surface area contributed by atoms with Gasteiger partial charge in [0.05, 0.1) is 0 Å². The molecule has 0 heterocycles. The van der Waals surface area contributed by atoms with Gasteiger partial charge < -0.3 is 5.32 Å². The van der Waals surface area contributed by atoms with Crippen LogP contribution in [-0.4, -0.2) is 7.05 Å². The highest BCUT2D eigenvalue weighted by molar-refractivity contribution is 5.85. The molecule has 0 amide bonds. The maximum Gasteiger partial charge on any atom is 0.00631 e. The number of rotatable bonds is 4. The summed E-state index contributed by atoms with van der Waals surface area (Å²) >= 11 is 0. The minimum Gasteiger partial charge on any atom is -0.392 e. The molecule has 0 spiro atoms. The molecule has 1 nitrogen and oxygen atoms in total. The van der Waals surface area contributed by atoms with E-state index in [4.69, 9.17) is 0 Å². The molecule has 1 N–H and O–H groups in total. The van der Waals surface area contributed by atoms with Crippen molar-refractivity contribution >= 4 is 10.8 Å². The molecular formula is C21H33N. The van der Waals surface area contributed by atoms with Gasteiger partial charge in [-0.2, -0.15) is 0 Å². The molecule has 0 radical (unpaired) electrons. The fraction of sp³-hybridized carbons (Fsp3) is 0.429. The van der Waals surface area contributed by atoms with Crippen molar-refractivity contribution in [3.05, 3.63) is 60.3 Å². The SMILES string of the molecule is C=C(NC)[C@H](C)Cc1cccc2ccccc12.CC.CCC. The maximum atomic E-state index is 4.04. The van der Waals surface area contributed by atoms with Gasteiger partial charge in [-0.15, -0.1) is 0 Å². The molecule has 122 valence electrons. The van der Waals surface area contributed by atoms with Crippen LogP contribution in [0.15, 0.2) is 54.7 Å². The van der Waals surface area contributed by atoms with E-state index >= 15 is 0 Å². The monoisotopic (exact) mass is 299 g/mol. The Bertz CT molecular complexity index is 537.